The number of carbonyl (C=O) groups is 2. The van der Waals surface area contributed by atoms with E-state index in [-0.39, 0.29) is 25.0 Å². The molecule has 144 valence electrons. The molecular weight excluding hydrogens is 348 g/mol. The van der Waals surface area contributed by atoms with Crippen molar-refractivity contribution in [2.75, 3.05) is 13.7 Å². The lowest BCUT2D eigenvalue weighted by Gasteiger charge is -2.22. The first-order valence-corrected chi connectivity index (χ1v) is 8.97. The van der Waals surface area contributed by atoms with Crippen LogP contribution in [0.5, 0.6) is 5.75 Å². The number of hydrogen-bond acceptors (Lipinski definition) is 6. The fourth-order valence-electron chi connectivity index (χ4n) is 2.91. The fraction of sp³-hybridized carbons (Fsp3) is 0.450. The van der Waals surface area contributed by atoms with Gasteiger partial charge in [0.2, 0.25) is 0 Å². The molecule has 27 heavy (non-hydrogen) atoms. The molecule has 0 unspecified atom stereocenters. The average Bonchev–Trinajstić information content (AvgIpc) is 3.47. The van der Waals surface area contributed by atoms with E-state index in [1.165, 1.54) is 0 Å². The maximum absolute atomic E-state index is 12.6. The Morgan fingerprint density at radius 3 is 2.48 bits per heavy atom. The molecule has 7 heteroatoms. The lowest BCUT2D eigenvalue weighted by Crippen LogP contribution is -2.36. The van der Waals surface area contributed by atoms with E-state index in [0.29, 0.717) is 23.6 Å². The molecule has 0 saturated heterocycles. The van der Waals surface area contributed by atoms with Gasteiger partial charge in [-0.15, -0.1) is 0 Å². The van der Waals surface area contributed by atoms with Gasteiger partial charge < -0.3 is 18.9 Å². The highest BCUT2D eigenvalue weighted by Gasteiger charge is 2.33. The summed E-state index contributed by atoms with van der Waals surface area (Å²) in [5, 5.41) is 3.82. The number of esters is 1. The second kappa shape index (κ2) is 8.24. The monoisotopic (exact) mass is 372 g/mol. The Morgan fingerprint density at radius 2 is 1.93 bits per heavy atom. The summed E-state index contributed by atoms with van der Waals surface area (Å²) in [6.45, 7) is 3.76. The van der Waals surface area contributed by atoms with Crippen LogP contribution in [0.3, 0.4) is 0 Å². The Morgan fingerprint density at radius 1 is 1.22 bits per heavy atom. The van der Waals surface area contributed by atoms with Crippen LogP contribution in [-0.4, -0.2) is 41.7 Å². The number of ether oxygens (including phenoxy) is 2. The summed E-state index contributed by atoms with van der Waals surface area (Å²) in [5.74, 6) is 0.726. The second-order valence-corrected chi connectivity index (χ2v) is 6.74. The van der Waals surface area contributed by atoms with E-state index in [1.54, 1.807) is 25.9 Å². The van der Waals surface area contributed by atoms with Crippen molar-refractivity contribution in [2.24, 2.45) is 0 Å². The molecule has 2 aromatic rings. The third-order valence-corrected chi connectivity index (χ3v) is 4.68. The van der Waals surface area contributed by atoms with Crippen LogP contribution < -0.4 is 4.74 Å². The Balaban J connectivity index is 1.54. The van der Waals surface area contributed by atoms with Gasteiger partial charge in [-0.3, -0.25) is 9.59 Å². The van der Waals surface area contributed by atoms with Crippen LogP contribution in [0.25, 0.3) is 0 Å². The lowest BCUT2D eigenvalue weighted by atomic mass is 10.1. The SMILES string of the molecule is COc1ccc(CN(C(=O)COC(=O)Cc2c(C)noc2C)C2CC2)cc1. The first-order valence-electron chi connectivity index (χ1n) is 8.97. The van der Waals surface area contributed by atoms with Gasteiger partial charge in [0.05, 0.1) is 19.2 Å². The average molecular weight is 372 g/mol. The number of benzene rings is 1. The molecule has 1 aromatic heterocycles. The molecule has 0 aliphatic heterocycles. The number of aryl methyl sites for hydroxylation is 2. The molecule has 1 aliphatic rings. The molecule has 0 N–H and O–H groups in total. The summed E-state index contributed by atoms with van der Waals surface area (Å²) in [5.41, 5.74) is 2.39. The van der Waals surface area contributed by atoms with Crippen molar-refractivity contribution in [3.8, 4) is 5.75 Å². The summed E-state index contributed by atoms with van der Waals surface area (Å²) in [6.07, 6.45) is 2.01. The van der Waals surface area contributed by atoms with Crippen LogP contribution >= 0.6 is 0 Å². The van der Waals surface area contributed by atoms with Crippen LogP contribution in [0.1, 0.15) is 35.4 Å². The topological polar surface area (TPSA) is 81.9 Å². The van der Waals surface area contributed by atoms with Gasteiger partial charge in [-0.2, -0.15) is 0 Å². The Bertz CT molecular complexity index is 789. The van der Waals surface area contributed by atoms with Crippen LogP contribution in [0.2, 0.25) is 0 Å². The number of nitrogens with zero attached hydrogens (tertiary/aromatic N) is 2. The third kappa shape index (κ3) is 4.87. The normalized spacial score (nSPS) is 13.3. The van der Waals surface area contributed by atoms with Crippen molar-refractivity contribution in [2.45, 2.75) is 45.7 Å². The minimum absolute atomic E-state index is 0.0519. The van der Waals surface area contributed by atoms with E-state index in [0.717, 1.165) is 24.2 Å². The van der Waals surface area contributed by atoms with Gasteiger partial charge in [-0.25, -0.2) is 0 Å². The van der Waals surface area contributed by atoms with Gasteiger partial charge in [0.25, 0.3) is 5.91 Å². The third-order valence-electron chi connectivity index (χ3n) is 4.68. The van der Waals surface area contributed by atoms with E-state index in [1.807, 2.05) is 24.3 Å². The highest BCUT2D eigenvalue weighted by atomic mass is 16.5. The van der Waals surface area contributed by atoms with Crippen molar-refractivity contribution in [3.05, 3.63) is 46.8 Å². The molecule has 0 radical (unpaired) electrons. The first kappa shape index (κ1) is 18.9. The molecule has 1 amide bonds. The number of carbonyl (C=O) groups excluding carboxylic acids is 2. The maximum atomic E-state index is 12.6. The van der Waals surface area contributed by atoms with Crippen molar-refractivity contribution < 1.29 is 23.6 Å². The van der Waals surface area contributed by atoms with Gasteiger partial charge >= 0.3 is 5.97 Å². The van der Waals surface area contributed by atoms with Crippen LogP contribution in [0, 0.1) is 13.8 Å². The molecule has 0 spiro atoms. The van der Waals surface area contributed by atoms with Crippen LogP contribution in [0.15, 0.2) is 28.8 Å². The molecule has 1 aliphatic carbocycles. The quantitative estimate of drug-likeness (QED) is 0.663. The van der Waals surface area contributed by atoms with Crippen LogP contribution in [-0.2, 0) is 27.3 Å². The van der Waals surface area contributed by atoms with Gasteiger partial charge in [0.15, 0.2) is 6.61 Å². The Hall–Kier alpha value is -2.83. The highest BCUT2D eigenvalue weighted by Crippen LogP contribution is 2.29. The summed E-state index contributed by atoms with van der Waals surface area (Å²) in [4.78, 5) is 26.4. The largest absolute Gasteiger partial charge is 0.497 e. The second-order valence-electron chi connectivity index (χ2n) is 6.74. The minimum atomic E-state index is -0.460. The van der Waals surface area contributed by atoms with E-state index < -0.39 is 5.97 Å². The molecular formula is C20H24N2O5. The van der Waals surface area contributed by atoms with E-state index >= 15 is 0 Å². The van der Waals surface area contributed by atoms with E-state index in [2.05, 4.69) is 5.16 Å². The van der Waals surface area contributed by atoms with Crippen molar-refractivity contribution in [1.82, 2.24) is 10.1 Å². The molecule has 7 nitrogen and oxygen atoms in total. The van der Waals surface area contributed by atoms with Crippen molar-refractivity contribution in [3.63, 3.8) is 0 Å². The summed E-state index contributed by atoms with van der Waals surface area (Å²) < 4.78 is 15.4. The van der Waals surface area contributed by atoms with Gasteiger partial charge in [0, 0.05) is 18.2 Å². The zero-order chi connectivity index (χ0) is 19.4. The number of amides is 1. The molecule has 0 atom stereocenters. The summed E-state index contributed by atoms with van der Waals surface area (Å²) >= 11 is 0. The number of hydrogen-bond donors (Lipinski definition) is 0. The van der Waals surface area contributed by atoms with Gasteiger partial charge in [-0.05, 0) is 44.4 Å². The van der Waals surface area contributed by atoms with Crippen LogP contribution in [0.4, 0.5) is 0 Å². The maximum Gasteiger partial charge on any atom is 0.310 e. The summed E-state index contributed by atoms with van der Waals surface area (Å²) in [7, 11) is 1.62. The van der Waals surface area contributed by atoms with Gasteiger partial charge in [0.1, 0.15) is 11.5 Å². The standard InChI is InChI=1S/C20H24N2O5/c1-13-18(14(2)27-21-13)10-20(24)26-12-19(23)22(16-6-7-16)11-15-4-8-17(25-3)9-5-15/h4-5,8-9,16H,6-7,10-12H2,1-3H3. The Kier molecular flexibility index (Phi) is 5.78. The summed E-state index contributed by atoms with van der Waals surface area (Å²) in [6, 6.07) is 7.83. The van der Waals surface area contributed by atoms with E-state index in [9.17, 15) is 9.59 Å². The zero-order valence-corrected chi connectivity index (χ0v) is 15.9. The molecule has 0 bridgehead atoms. The molecule has 1 aromatic carbocycles. The highest BCUT2D eigenvalue weighted by molar-refractivity contribution is 5.82. The lowest BCUT2D eigenvalue weighted by molar-refractivity contribution is -0.152. The number of methoxy groups -OCH3 is 1. The predicted octanol–water partition coefficient (Wildman–Crippen LogP) is 2.58. The molecule has 1 fully saturated rings. The van der Waals surface area contributed by atoms with E-state index in [4.69, 9.17) is 14.0 Å². The predicted molar refractivity (Wildman–Crippen MR) is 97.2 cm³/mol. The minimum Gasteiger partial charge on any atom is -0.497 e. The van der Waals surface area contributed by atoms with Gasteiger partial charge in [-0.1, -0.05) is 17.3 Å². The van der Waals surface area contributed by atoms with Crippen molar-refractivity contribution in [1.29, 1.82) is 0 Å². The molecule has 3 rings (SSSR count). The Labute approximate surface area is 158 Å². The molecule has 1 heterocycles. The zero-order valence-electron chi connectivity index (χ0n) is 15.9. The smallest absolute Gasteiger partial charge is 0.310 e. The number of rotatable bonds is 8. The first-order chi connectivity index (χ1) is 13.0. The fourth-order valence-corrected chi connectivity index (χ4v) is 2.91. The number of aromatic nitrogens is 1. The molecule has 1 saturated carbocycles. The van der Waals surface area contributed by atoms with Crippen molar-refractivity contribution >= 4 is 11.9 Å².